The molecule has 0 N–H and O–H groups in total. The van der Waals surface area contributed by atoms with Gasteiger partial charge in [-0.05, 0) is 95.1 Å². The quantitative estimate of drug-likeness (QED) is 0.181. The van der Waals surface area contributed by atoms with E-state index in [1.165, 1.54) is 31.3 Å². The molecule has 3 nitrogen and oxygen atoms in total. The molecule has 244 valence electrons. The van der Waals surface area contributed by atoms with Crippen molar-refractivity contribution in [3.05, 3.63) is 176 Å². The number of fused-ring (bicyclic) bond motifs is 9. The van der Waals surface area contributed by atoms with Crippen LogP contribution in [0.15, 0.2) is 185 Å². The van der Waals surface area contributed by atoms with Crippen molar-refractivity contribution in [3.8, 4) is 22.3 Å². The van der Waals surface area contributed by atoms with Gasteiger partial charge >= 0.3 is 0 Å². The fourth-order valence-electron chi connectivity index (χ4n) is 7.88. The second-order valence-electron chi connectivity index (χ2n) is 13.3. The normalized spacial score (nSPS) is 11.8. The standard InChI is InChI=1S/C48H29NO2S/c1-4-14-41-36(9-1)39-29-32(23-28-43(39)50-41)30-19-24-33(25-20-30)49(40-13-8-16-44-48(40)37-10-2-5-15-42(37)51-44)34-26-21-31(22-27-34)35-12-7-18-46-47(35)38-11-3-6-17-45(38)52-46/h1-29H. The largest absolute Gasteiger partial charge is 0.456 e. The number of anilines is 3. The highest BCUT2D eigenvalue weighted by Gasteiger charge is 2.20. The van der Waals surface area contributed by atoms with Gasteiger partial charge in [-0.2, -0.15) is 0 Å². The number of furan rings is 2. The third-order valence-corrected chi connectivity index (χ3v) is 11.4. The van der Waals surface area contributed by atoms with E-state index in [1.54, 1.807) is 0 Å². The molecule has 11 rings (SSSR count). The molecule has 0 atom stereocenters. The maximum atomic E-state index is 6.36. The van der Waals surface area contributed by atoms with E-state index in [0.717, 1.165) is 72.1 Å². The molecule has 8 aromatic carbocycles. The van der Waals surface area contributed by atoms with E-state index in [2.05, 4.69) is 157 Å². The number of hydrogen-bond donors (Lipinski definition) is 0. The molecule has 0 bridgehead atoms. The summed E-state index contributed by atoms with van der Waals surface area (Å²) < 4.78 is 15.1. The fraction of sp³-hybridized carbons (Fsp3) is 0. The summed E-state index contributed by atoms with van der Waals surface area (Å²) in [5.41, 5.74) is 11.5. The van der Waals surface area contributed by atoms with Gasteiger partial charge in [-0.25, -0.2) is 0 Å². The van der Waals surface area contributed by atoms with Gasteiger partial charge in [0.15, 0.2) is 0 Å². The number of para-hydroxylation sites is 2. The summed E-state index contributed by atoms with van der Waals surface area (Å²) in [6, 6.07) is 62.6. The van der Waals surface area contributed by atoms with Crippen LogP contribution < -0.4 is 4.90 Å². The van der Waals surface area contributed by atoms with Crippen molar-refractivity contribution in [2.75, 3.05) is 4.90 Å². The van der Waals surface area contributed by atoms with E-state index in [4.69, 9.17) is 8.83 Å². The number of benzene rings is 8. The van der Waals surface area contributed by atoms with Crippen molar-refractivity contribution in [2.24, 2.45) is 0 Å². The lowest BCUT2D eigenvalue weighted by Gasteiger charge is -2.26. The molecule has 3 aromatic heterocycles. The minimum atomic E-state index is 0.869. The highest BCUT2D eigenvalue weighted by Crippen LogP contribution is 2.45. The summed E-state index contributed by atoms with van der Waals surface area (Å²) in [4.78, 5) is 2.35. The number of hydrogen-bond acceptors (Lipinski definition) is 4. The Morgan fingerprint density at radius 2 is 0.942 bits per heavy atom. The van der Waals surface area contributed by atoms with E-state index in [0.29, 0.717) is 0 Å². The van der Waals surface area contributed by atoms with Crippen LogP contribution in [-0.2, 0) is 0 Å². The smallest absolute Gasteiger partial charge is 0.137 e. The molecule has 0 unspecified atom stereocenters. The van der Waals surface area contributed by atoms with Crippen LogP contribution in [0.1, 0.15) is 0 Å². The predicted octanol–water partition coefficient (Wildman–Crippen LogP) is 14.7. The third-order valence-electron chi connectivity index (χ3n) is 10.3. The first-order valence-corrected chi connectivity index (χ1v) is 18.3. The van der Waals surface area contributed by atoms with Crippen molar-refractivity contribution in [1.29, 1.82) is 0 Å². The topological polar surface area (TPSA) is 29.5 Å². The van der Waals surface area contributed by atoms with Crippen LogP contribution >= 0.6 is 11.3 Å². The molecule has 11 aromatic rings. The molecular formula is C48H29NO2S. The lowest BCUT2D eigenvalue weighted by Crippen LogP contribution is -2.10. The second-order valence-corrected chi connectivity index (χ2v) is 14.3. The number of thiophene rings is 1. The average molecular weight is 684 g/mol. The summed E-state index contributed by atoms with van der Waals surface area (Å²) in [7, 11) is 0. The number of nitrogens with zero attached hydrogens (tertiary/aromatic N) is 1. The van der Waals surface area contributed by atoms with E-state index < -0.39 is 0 Å². The van der Waals surface area contributed by atoms with Crippen LogP contribution in [0.5, 0.6) is 0 Å². The molecule has 0 aliphatic carbocycles. The maximum absolute atomic E-state index is 6.36. The van der Waals surface area contributed by atoms with Gasteiger partial charge in [0, 0.05) is 47.7 Å². The Kier molecular flexibility index (Phi) is 6.42. The maximum Gasteiger partial charge on any atom is 0.137 e. The van der Waals surface area contributed by atoms with Crippen LogP contribution in [0.2, 0.25) is 0 Å². The highest BCUT2D eigenvalue weighted by atomic mass is 32.1. The van der Waals surface area contributed by atoms with Gasteiger partial charge < -0.3 is 13.7 Å². The van der Waals surface area contributed by atoms with Gasteiger partial charge in [-0.1, -0.05) is 103 Å². The molecule has 0 fully saturated rings. The molecule has 0 saturated carbocycles. The molecule has 4 heteroatoms. The first kappa shape index (κ1) is 29.1. The Hall–Kier alpha value is -6.62. The summed E-state index contributed by atoms with van der Waals surface area (Å²) in [6.45, 7) is 0. The summed E-state index contributed by atoms with van der Waals surface area (Å²) in [5, 5.41) is 7.08. The Balaban J connectivity index is 1.05. The summed E-state index contributed by atoms with van der Waals surface area (Å²) >= 11 is 1.85. The molecule has 0 aliphatic heterocycles. The van der Waals surface area contributed by atoms with Gasteiger partial charge in [0.2, 0.25) is 0 Å². The Labute approximate surface area is 303 Å². The molecule has 3 heterocycles. The Bertz CT molecular complexity index is 3130. The zero-order chi connectivity index (χ0) is 34.2. The van der Waals surface area contributed by atoms with Crippen molar-refractivity contribution in [2.45, 2.75) is 0 Å². The van der Waals surface area contributed by atoms with Gasteiger partial charge in [0.25, 0.3) is 0 Å². The fourth-order valence-corrected chi connectivity index (χ4v) is 9.02. The first-order valence-electron chi connectivity index (χ1n) is 17.5. The van der Waals surface area contributed by atoms with Gasteiger partial charge in [-0.3, -0.25) is 0 Å². The van der Waals surface area contributed by atoms with Crippen LogP contribution in [-0.4, -0.2) is 0 Å². The highest BCUT2D eigenvalue weighted by molar-refractivity contribution is 7.25. The molecule has 0 amide bonds. The zero-order valence-corrected chi connectivity index (χ0v) is 28.7. The van der Waals surface area contributed by atoms with Gasteiger partial charge in [-0.15, -0.1) is 11.3 Å². The minimum absolute atomic E-state index is 0.869. The van der Waals surface area contributed by atoms with E-state index >= 15 is 0 Å². The Morgan fingerprint density at radius 3 is 1.75 bits per heavy atom. The van der Waals surface area contributed by atoms with E-state index in [1.807, 2.05) is 35.6 Å². The van der Waals surface area contributed by atoms with Crippen LogP contribution in [0.3, 0.4) is 0 Å². The van der Waals surface area contributed by atoms with Crippen LogP contribution in [0.4, 0.5) is 17.1 Å². The predicted molar refractivity (Wildman–Crippen MR) is 219 cm³/mol. The van der Waals surface area contributed by atoms with E-state index in [9.17, 15) is 0 Å². The van der Waals surface area contributed by atoms with E-state index in [-0.39, 0.29) is 0 Å². The second kappa shape index (κ2) is 11.5. The minimum Gasteiger partial charge on any atom is -0.456 e. The monoisotopic (exact) mass is 683 g/mol. The van der Waals surface area contributed by atoms with Gasteiger partial charge in [0.1, 0.15) is 22.3 Å². The average Bonchev–Trinajstić information content (AvgIpc) is 3.90. The molecule has 0 radical (unpaired) electrons. The van der Waals surface area contributed by atoms with Crippen molar-refractivity contribution in [3.63, 3.8) is 0 Å². The molecule has 0 spiro atoms. The lowest BCUT2D eigenvalue weighted by molar-refractivity contribution is 0.668. The van der Waals surface area contributed by atoms with Crippen molar-refractivity contribution in [1.82, 2.24) is 0 Å². The Morgan fingerprint density at radius 1 is 0.365 bits per heavy atom. The molecular weight excluding hydrogens is 655 g/mol. The van der Waals surface area contributed by atoms with Crippen LogP contribution in [0.25, 0.3) is 86.3 Å². The lowest BCUT2D eigenvalue weighted by atomic mass is 9.99. The molecule has 52 heavy (non-hydrogen) atoms. The van der Waals surface area contributed by atoms with Crippen LogP contribution in [0, 0.1) is 0 Å². The summed E-state index contributed by atoms with van der Waals surface area (Å²) in [6.07, 6.45) is 0. The van der Waals surface area contributed by atoms with Crippen molar-refractivity contribution < 1.29 is 8.83 Å². The SMILES string of the molecule is c1ccc2c(c1)oc1ccc(-c3ccc(N(c4ccc(-c5cccc6sc7ccccc7c56)cc4)c4cccc5oc6ccccc6c45)cc3)cc12. The number of rotatable bonds is 5. The zero-order valence-electron chi connectivity index (χ0n) is 27.9. The third kappa shape index (κ3) is 4.51. The first-order chi connectivity index (χ1) is 25.8. The summed E-state index contributed by atoms with van der Waals surface area (Å²) in [5.74, 6) is 0. The van der Waals surface area contributed by atoms with Crippen molar-refractivity contribution >= 4 is 92.4 Å². The molecule has 0 saturated heterocycles. The molecule has 0 aliphatic rings. The van der Waals surface area contributed by atoms with Gasteiger partial charge in [0.05, 0.1) is 11.1 Å².